The van der Waals surface area contributed by atoms with Crippen molar-refractivity contribution in [1.29, 1.82) is 0 Å². The number of urea groups is 1. The molecule has 2 amide bonds. The van der Waals surface area contributed by atoms with Crippen LogP contribution in [0.4, 0.5) is 23.7 Å². The second kappa shape index (κ2) is 7.43. The van der Waals surface area contributed by atoms with Crippen LogP contribution in [0.2, 0.25) is 0 Å². The van der Waals surface area contributed by atoms with Gasteiger partial charge in [-0.15, -0.1) is 0 Å². The number of methoxy groups -OCH3 is 1. The number of alkyl halides is 3. The fourth-order valence-electron chi connectivity index (χ4n) is 2.16. The molecule has 25 heavy (non-hydrogen) atoms. The first-order valence-corrected chi connectivity index (χ1v) is 7.30. The largest absolute Gasteiger partial charge is 0.497 e. The number of hydrogen-bond donors (Lipinski definition) is 3. The maximum atomic E-state index is 13.3. The molecule has 0 bridgehead atoms. The SMILES string of the molecule is COc1cccc(NC(=O)NC[C@](O)(c2ccccc2)C(F)(F)F)c1. The van der Waals surface area contributed by atoms with Crippen molar-refractivity contribution in [1.82, 2.24) is 5.32 Å². The number of carbonyl (C=O) groups is 1. The molecular weight excluding hydrogens is 337 g/mol. The summed E-state index contributed by atoms with van der Waals surface area (Å²) < 4.78 is 45.0. The van der Waals surface area contributed by atoms with Gasteiger partial charge in [-0.2, -0.15) is 13.2 Å². The standard InChI is InChI=1S/C17H17F3N2O3/c1-25-14-9-5-8-13(10-14)22-15(23)21-11-16(24,17(18,19)20)12-6-3-2-4-7-12/h2-10,24H,11H2,1H3,(H2,21,22,23)/t16-/m0/s1. The van der Waals surface area contributed by atoms with Crippen LogP contribution in [0.15, 0.2) is 54.6 Å². The van der Waals surface area contributed by atoms with E-state index in [9.17, 15) is 23.1 Å². The minimum absolute atomic E-state index is 0.340. The maximum Gasteiger partial charge on any atom is 0.423 e. The molecule has 1 atom stereocenters. The normalized spacial score (nSPS) is 13.6. The van der Waals surface area contributed by atoms with Gasteiger partial charge in [-0.05, 0) is 17.7 Å². The van der Waals surface area contributed by atoms with E-state index in [0.29, 0.717) is 11.4 Å². The topological polar surface area (TPSA) is 70.6 Å². The van der Waals surface area contributed by atoms with Gasteiger partial charge in [0.2, 0.25) is 5.60 Å². The van der Waals surface area contributed by atoms with Crippen LogP contribution >= 0.6 is 0 Å². The first-order valence-electron chi connectivity index (χ1n) is 7.30. The van der Waals surface area contributed by atoms with E-state index in [-0.39, 0.29) is 5.56 Å². The van der Waals surface area contributed by atoms with Crippen molar-refractivity contribution in [3.63, 3.8) is 0 Å². The van der Waals surface area contributed by atoms with Crippen molar-refractivity contribution in [2.24, 2.45) is 0 Å². The molecule has 2 aromatic rings. The molecule has 0 saturated heterocycles. The predicted molar refractivity (Wildman–Crippen MR) is 86.4 cm³/mol. The minimum atomic E-state index is -4.96. The monoisotopic (exact) mass is 354 g/mol. The third-order valence-corrected chi connectivity index (χ3v) is 3.55. The Hall–Kier alpha value is -2.74. The number of amides is 2. The van der Waals surface area contributed by atoms with Crippen molar-refractivity contribution in [3.05, 3.63) is 60.2 Å². The molecule has 0 aliphatic carbocycles. The molecule has 2 aromatic carbocycles. The molecule has 0 aliphatic heterocycles. The molecular formula is C17H17F3N2O3. The van der Waals surface area contributed by atoms with Crippen LogP contribution in [0.3, 0.4) is 0 Å². The number of carbonyl (C=O) groups excluding carboxylic acids is 1. The molecule has 0 fully saturated rings. The third-order valence-electron chi connectivity index (χ3n) is 3.55. The average molecular weight is 354 g/mol. The van der Waals surface area contributed by atoms with E-state index in [1.54, 1.807) is 18.2 Å². The highest BCUT2D eigenvalue weighted by Gasteiger charge is 2.55. The molecule has 0 saturated carbocycles. The van der Waals surface area contributed by atoms with Gasteiger partial charge in [0.1, 0.15) is 5.75 Å². The molecule has 0 radical (unpaired) electrons. The molecule has 5 nitrogen and oxygen atoms in total. The number of aliphatic hydroxyl groups is 1. The van der Waals surface area contributed by atoms with Crippen molar-refractivity contribution < 1.29 is 27.8 Å². The first-order chi connectivity index (χ1) is 11.8. The lowest BCUT2D eigenvalue weighted by Gasteiger charge is -2.31. The summed E-state index contributed by atoms with van der Waals surface area (Å²) in [5, 5.41) is 14.6. The van der Waals surface area contributed by atoms with Gasteiger partial charge in [0.15, 0.2) is 0 Å². The van der Waals surface area contributed by atoms with Crippen LogP contribution in [-0.2, 0) is 5.60 Å². The van der Waals surface area contributed by atoms with Gasteiger partial charge in [0.25, 0.3) is 0 Å². The Morgan fingerprint density at radius 1 is 1.12 bits per heavy atom. The van der Waals surface area contributed by atoms with Crippen LogP contribution in [0.25, 0.3) is 0 Å². The molecule has 2 rings (SSSR count). The van der Waals surface area contributed by atoms with Crippen molar-refractivity contribution in [2.45, 2.75) is 11.8 Å². The zero-order chi connectivity index (χ0) is 18.5. The Labute approximate surface area is 142 Å². The Bertz CT molecular complexity index is 723. The lowest BCUT2D eigenvalue weighted by atomic mass is 9.93. The number of benzene rings is 2. The zero-order valence-electron chi connectivity index (χ0n) is 13.3. The molecule has 0 heterocycles. The van der Waals surface area contributed by atoms with E-state index in [1.165, 1.54) is 31.4 Å². The van der Waals surface area contributed by atoms with Gasteiger partial charge in [-0.1, -0.05) is 36.4 Å². The lowest BCUT2D eigenvalue weighted by Crippen LogP contribution is -2.51. The molecule has 0 unspecified atom stereocenters. The van der Waals surface area contributed by atoms with Gasteiger partial charge < -0.3 is 20.5 Å². The lowest BCUT2D eigenvalue weighted by molar-refractivity contribution is -0.263. The smallest absolute Gasteiger partial charge is 0.423 e. The van der Waals surface area contributed by atoms with E-state index >= 15 is 0 Å². The van der Waals surface area contributed by atoms with Crippen LogP contribution in [0, 0.1) is 0 Å². The summed E-state index contributed by atoms with van der Waals surface area (Å²) in [6, 6.07) is 12.0. The van der Waals surface area contributed by atoms with E-state index in [0.717, 1.165) is 12.1 Å². The highest BCUT2D eigenvalue weighted by atomic mass is 19.4. The first kappa shape index (κ1) is 18.6. The third kappa shape index (κ3) is 4.42. The van der Waals surface area contributed by atoms with E-state index in [4.69, 9.17) is 4.74 Å². The van der Waals surface area contributed by atoms with E-state index < -0.39 is 24.4 Å². The number of nitrogens with one attached hydrogen (secondary N) is 2. The fourth-order valence-corrected chi connectivity index (χ4v) is 2.16. The Morgan fingerprint density at radius 2 is 1.80 bits per heavy atom. The number of rotatable bonds is 5. The van der Waals surface area contributed by atoms with E-state index in [1.807, 2.05) is 0 Å². The van der Waals surface area contributed by atoms with Gasteiger partial charge >= 0.3 is 12.2 Å². The van der Waals surface area contributed by atoms with Gasteiger partial charge in [-0.25, -0.2) is 4.79 Å². The van der Waals surface area contributed by atoms with Crippen LogP contribution in [0.1, 0.15) is 5.56 Å². The molecule has 134 valence electrons. The Morgan fingerprint density at radius 3 is 2.40 bits per heavy atom. The van der Waals surface area contributed by atoms with Crippen molar-refractivity contribution >= 4 is 11.7 Å². The molecule has 0 aromatic heterocycles. The second-order valence-corrected chi connectivity index (χ2v) is 5.26. The summed E-state index contributed by atoms with van der Waals surface area (Å²) in [6.45, 7) is -1.03. The van der Waals surface area contributed by atoms with Gasteiger partial charge in [0.05, 0.1) is 13.7 Å². The summed E-state index contributed by atoms with van der Waals surface area (Å²) in [5.41, 5.74) is -3.21. The molecule has 8 heteroatoms. The Kier molecular flexibility index (Phi) is 5.53. The van der Waals surface area contributed by atoms with Gasteiger partial charge in [-0.3, -0.25) is 0 Å². The zero-order valence-corrected chi connectivity index (χ0v) is 13.3. The average Bonchev–Trinajstić information content (AvgIpc) is 2.59. The molecule has 0 aliphatic rings. The number of halogens is 3. The molecule has 0 spiro atoms. The quantitative estimate of drug-likeness (QED) is 0.772. The highest BCUT2D eigenvalue weighted by molar-refractivity contribution is 5.89. The van der Waals surface area contributed by atoms with Crippen LogP contribution < -0.4 is 15.4 Å². The summed E-state index contributed by atoms with van der Waals surface area (Å²) in [4.78, 5) is 11.9. The molecule has 3 N–H and O–H groups in total. The summed E-state index contributed by atoms with van der Waals surface area (Å²) >= 11 is 0. The second-order valence-electron chi connectivity index (χ2n) is 5.26. The van der Waals surface area contributed by atoms with Crippen molar-refractivity contribution in [2.75, 3.05) is 19.0 Å². The summed E-state index contributed by atoms with van der Waals surface area (Å²) in [5.74, 6) is 0.480. The maximum absolute atomic E-state index is 13.3. The number of ether oxygens (including phenoxy) is 1. The highest BCUT2D eigenvalue weighted by Crippen LogP contribution is 2.38. The fraction of sp³-hybridized carbons (Fsp3) is 0.235. The van der Waals surface area contributed by atoms with Crippen LogP contribution in [-0.4, -0.2) is 31.0 Å². The summed E-state index contributed by atoms with van der Waals surface area (Å²) in [7, 11) is 1.45. The number of anilines is 1. The Balaban J connectivity index is 2.09. The predicted octanol–water partition coefficient (Wildman–Crippen LogP) is 3.27. The number of hydrogen-bond acceptors (Lipinski definition) is 3. The summed E-state index contributed by atoms with van der Waals surface area (Å²) in [6.07, 6.45) is -4.96. The minimum Gasteiger partial charge on any atom is -0.497 e. The van der Waals surface area contributed by atoms with Crippen molar-refractivity contribution in [3.8, 4) is 5.75 Å². The van der Waals surface area contributed by atoms with Crippen LogP contribution in [0.5, 0.6) is 5.75 Å². The van der Waals surface area contributed by atoms with Gasteiger partial charge in [0, 0.05) is 11.8 Å². The van der Waals surface area contributed by atoms with E-state index in [2.05, 4.69) is 10.6 Å².